The van der Waals surface area contributed by atoms with Gasteiger partial charge >= 0.3 is 6.18 Å². The lowest BCUT2D eigenvalue weighted by Gasteiger charge is -2.16. The van der Waals surface area contributed by atoms with Gasteiger partial charge in [-0.25, -0.2) is 4.39 Å². The molecule has 1 aromatic heterocycles. The molecule has 1 heterocycles. The largest absolute Gasteiger partial charge is 0.483 e. The van der Waals surface area contributed by atoms with Gasteiger partial charge in [0.05, 0.1) is 17.0 Å². The van der Waals surface area contributed by atoms with Crippen LogP contribution in [0.2, 0.25) is 0 Å². The fraction of sp³-hybridized carbons (Fsp3) is 0.227. The number of rotatable bonds is 9. The summed E-state index contributed by atoms with van der Waals surface area (Å²) in [4.78, 5) is 12.3. The Labute approximate surface area is 191 Å². The summed E-state index contributed by atoms with van der Waals surface area (Å²) in [5, 5.41) is 10.9. The number of halogens is 4. The number of ether oxygens (including phenoxy) is 1. The fourth-order valence-corrected chi connectivity index (χ4v) is 3.69. The molecule has 0 aliphatic rings. The third-order valence-electron chi connectivity index (χ3n) is 4.39. The predicted octanol–water partition coefficient (Wildman–Crippen LogP) is 5.49. The molecule has 1 unspecified atom stereocenters. The molecule has 2 aromatic carbocycles. The number of allylic oxidation sites excluding steroid dienone is 1. The van der Waals surface area contributed by atoms with Crippen molar-refractivity contribution >= 4 is 23.4 Å². The molecule has 3 aromatic rings. The normalized spacial score (nSPS) is 12.3. The van der Waals surface area contributed by atoms with Gasteiger partial charge in [0, 0.05) is 6.54 Å². The summed E-state index contributed by atoms with van der Waals surface area (Å²) in [5.74, 6) is -0.311. The van der Waals surface area contributed by atoms with Gasteiger partial charge in [-0.3, -0.25) is 9.36 Å². The van der Waals surface area contributed by atoms with Crippen LogP contribution in [-0.2, 0) is 17.5 Å². The number of benzene rings is 2. The Balaban J connectivity index is 1.69. The number of carbonyl (C=O) groups is 1. The van der Waals surface area contributed by atoms with E-state index in [0.717, 1.165) is 17.8 Å². The minimum absolute atomic E-state index is 0.186. The lowest BCUT2D eigenvalue weighted by Crippen LogP contribution is -2.18. The van der Waals surface area contributed by atoms with E-state index in [1.807, 2.05) is 0 Å². The average Bonchev–Trinajstić information content (AvgIpc) is 3.16. The SMILES string of the molecule is C=CCn1c(SCC(=O)Nc2ccccc2C(F)(F)F)nnc1C(C)Oc1ccc(F)cc1. The van der Waals surface area contributed by atoms with Crippen LogP contribution in [0.4, 0.5) is 23.2 Å². The van der Waals surface area contributed by atoms with E-state index in [0.29, 0.717) is 23.3 Å². The van der Waals surface area contributed by atoms with Crippen LogP contribution in [0.15, 0.2) is 66.3 Å². The molecule has 0 fully saturated rings. The van der Waals surface area contributed by atoms with Crippen molar-refractivity contribution in [2.24, 2.45) is 0 Å². The molecule has 0 aliphatic heterocycles. The molecule has 1 N–H and O–H groups in total. The Bertz CT molecular complexity index is 1120. The van der Waals surface area contributed by atoms with Crippen molar-refractivity contribution in [3.05, 3.63) is 78.4 Å². The van der Waals surface area contributed by atoms with Crippen molar-refractivity contribution in [1.29, 1.82) is 0 Å². The Morgan fingerprint density at radius 1 is 1.21 bits per heavy atom. The number of amides is 1. The van der Waals surface area contributed by atoms with Crippen LogP contribution in [0.1, 0.15) is 24.4 Å². The molecule has 1 amide bonds. The van der Waals surface area contributed by atoms with Gasteiger partial charge in [0.1, 0.15) is 11.6 Å². The zero-order valence-electron chi connectivity index (χ0n) is 17.5. The second-order valence-corrected chi connectivity index (χ2v) is 7.78. The minimum Gasteiger partial charge on any atom is -0.483 e. The Kier molecular flexibility index (Phi) is 7.75. The summed E-state index contributed by atoms with van der Waals surface area (Å²) in [7, 11) is 0. The van der Waals surface area contributed by atoms with E-state index in [9.17, 15) is 22.4 Å². The van der Waals surface area contributed by atoms with Gasteiger partial charge in [-0.05, 0) is 43.3 Å². The third-order valence-corrected chi connectivity index (χ3v) is 5.35. The first kappa shape index (κ1) is 24.3. The molecule has 3 rings (SSSR count). The molecule has 6 nitrogen and oxygen atoms in total. The molecular weight excluding hydrogens is 460 g/mol. The number of nitrogens with zero attached hydrogens (tertiary/aromatic N) is 3. The number of alkyl halides is 3. The first-order valence-corrected chi connectivity index (χ1v) is 10.7. The number of para-hydroxylation sites is 1. The molecule has 0 saturated heterocycles. The molecule has 174 valence electrons. The van der Waals surface area contributed by atoms with Crippen LogP contribution >= 0.6 is 11.8 Å². The maximum atomic E-state index is 13.1. The van der Waals surface area contributed by atoms with Crippen molar-refractivity contribution in [3.63, 3.8) is 0 Å². The number of aromatic nitrogens is 3. The van der Waals surface area contributed by atoms with Crippen LogP contribution in [0.5, 0.6) is 5.75 Å². The number of hydrogen-bond acceptors (Lipinski definition) is 5. The highest BCUT2D eigenvalue weighted by Crippen LogP contribution is 2.34. The van der Waals surface area contributed by atoms with Gasteiger partial charge in [0.25, 0.3) is 0 Å². The first-order valence-electron chi connectivity index (χ1n) is 9.74. The molecule has 33 heavy (non-hydrogen) atoms. The van der Waals surface area contributed by atoms with Gasteiger partial charge in [-0.2, -0.15) is 13.2 Å². The fourth-order valence-electron chi connectivity index (χ4n) is 2.93. The van der Waals surface area contributed by atoms with E-state index in [4.69, 9.17) is 4.74 Å². The van der Waals surface area contributed by atoms with E-state index in [1.165, 1.54) is 42.5 Å². The predicted molar refractivity (Wildman–Crippen MR) is 116 cm³/mol. The third kappa shape index (κ3) is 6.35. The number of carbonyl (C=O) groups excluding carboxylic acids is 1. The van der Waals surface area contributed by atoms with Crippen LogP contribution in [0.3, 0.4) is 0 Å². The molecule has 0 radical (unpaired) electrons. The first-order chi connectivity index (χ1) is 15.7. The number of nitrogens with one attached hydrogen (secondary N) is 1. The maximum absolute atomic E-state index is 13.1. The molecule has 0 saturated carbocycles. The monoisotopic (exact) mass is 480 g/mol. The zero-order chi connectivity index (χ0) is 24.0. The maximum Gasteiger partial charge on any atom is 0.418 e. The smallest absolute Gasteiger partial charge is 0.418 e. The molecule has 1 atom stereocenters. The molecule has 0 bridgehead atoms. The molecular formula is C22H20F4N4O2S. The second kappa shape index (κ2) is 10.5. The van der Waals surface area contributed by atoms with E-state index >= 15 is 0 Å². The minimum atomic E-state index is -4.59. The lowest BCUT2D eigenvalue weighted by atomic mass is 10.1. The summed E-state index contributed by atoms with van der Waals surface area (Å²) >= 11 is 1.02. The van der Waals surface area contributed by atoms with E-state index in [2.05, 4.69) is 22.1 Å². The van der Waals surface area contributed by atoms with Crippen molar-refractivity contribution < 1.29 is 27.1 Å². The Morgan fingerprint density at radius 2 is 1.91 bits per heavy atom. The topological polar surface area (TPSA) is 69.0 Å². The number of anilines is 1. The van der Waals surface area contributed by atoms with E-state index < -0.39 is 23.8 Å². The van der Waals surface area contributed by atoms with Crippen molar-refractivity contribution in [3.8, 4) is 5.75 Å². The zero-order valence-corrected chi connectivity index (χ0v) is 18.3. The van der Waals surface area contributed by atoms with Gasteiger partial charge in [-0.15, -0.1) is 16.8 Å². The van der Waals surface area contributed by atoms with Crippen LogP contribution in [-0.4, -0.2) is 26.4 Å². The summed E-state index contributed by atoms with van der Waals surface area (Å²) in [6, 6.07) is 10.3. The highest BCUT2D eigenvalue weighted by Gasteiger charge is 2.33. The quantitative estimate of drug-likeness (QED) is 0.249. The Hall–Kier alpha value is -3.34. The summed E-state index contributed by atoms with van der Waals surface area (Å²) in [6.07, 6.45) is -3.53. The average molecular weight is 480 g/mol. The highest BCUT2D eigenvalue weighted by atomic mass is 32.2. The Morgan fingerprint density at radius 3 is 2.58 bits per heavy atom. The van der Waals surface area contributed by atoms with Crippen LogP contribution in [0, 0.1) is 5.82 Å². The molecule has 0 spiro atoms. The number of thioether (sulfide) groups is 1. The van der Waals surface area contributed by atoms with Crippen LogP contribution in [0.25, 0.3) is 0 Å². The van der Waals surface area contributed by atoms with Crippen molar-refractivity contribution in [1.82, 2.24) is 14.8 Å². The van der Waals surface area contributed by atoms with Gasteiger partial charge < -0.3 is 10.1 Å². The summed E-state index contributed by atoms with van der Waals surface area (Å²) in [5.41, 5.74) is -1.24. The summed E-state index contributed by atoms with van der Waals surface area (Å²) < 4.78 is 59.9. The highest BCUT2D eigenvalue weighted by molar-refractivity contribution is 7.99. The van der Waals surface area contributed by atoms with Gasteiger partial charge in [-0.1, -0.05) is 30.0 Å². The standard InChI is InChI=1S/C22H20F4N4O2S/c1-3-12-30-20(14(2)32-16-10-8-15(23)9-11-16)28-29-21(30)33-13-19(31)27-18-7-5-4-6-17(18)22(24,25)26/h3-11,14H,1,12-13H2,2H3,(H,27,31). The van der Waals surface area contributed by atoms with Gasteiger partial charge in [0.2, 0.25) is 5.91 Å². The van der Waals surface area contributed by atoms with E-state index in [1.54, 1.807) is 17.6 Å². The van der Waals surface area contributed by atoms with E-state index in [-0.39, 0.29) is 17.3 Å². The molecule has 11 heteroatoms. The molecule has 0 aliphatic carbocycles. The second-order valence-electron chi connectivity index (χ2n) is 6.83. The van der Waals surface area contributed by atoms with Crippen molar-refractivity contribution in [2.45, 2.75) is 30.9 Å². The van der Waals surface area contributed by atoms with Crippen LogP contribution < -0.4 is 10.1 Å². The number of hydrogen-bond donors (Lipinski definition) is 1. The lowest BCUT2D eigenvalue weighted by molar-refractivity contribution is -0.137. The van der Waals surface area contributed by atoms with Gasteiger partial charge in [0.15, 0.2) is 17.1 Å². The summed E-state index contributed by atoms with van der Waals surface area (Å²) in [6.45, 7) is 5.76. The van der Waals surface area contributed by atoms with Crippen molar-refractivity contribution in [2.75, 3.05) is 11.1 Å².